The van der Waals surface area contributed by atoms with Crippen LogP contribution in [0.2, 0.25) is 0 Å². The van der Waals surface area contributed by atoms with E-state index in [1.165, 1.54) is 23.1 Å². The molecule has 1 fully saturated rings. The maximum atomic E-state index is 13.8. The molecule has 1 aromatic rings. The first-order valence-corrected chi connectivity index (χ1v) is 6.91. The van der Waals surface area contributed by atoms with Crippen molar-refractivity contribution in [2.75, 3.05) is 38.1 Å². The first kappa shape index (κ1) is 15.2. The van der Waals surface area contributed by atoms with Gasteiger partial charge in [-0.2, -0.15) is 0 Å². The number of hydrogen-bond acceptors (Lipinski definition) is 3. The molecule has 0 radical (unpaired) electrons. The van der Waals surface area contributed by atoms with Crippen molar-refractivity contribution in [3.8, 4) is 0 Å². The molecule has 0 spiro atoms. The maximum Gasteiger partial charge on any atom is 0.321 e. The van der Waals surface area contributed by atoms with Crippen molar-refractivity contribution < 1.29 is 14.0 Å². The number of carbonyl (C=O) groups is 2. The summed E-state index contributed by atoms with van der Waals surface area (Å²) >= 11 is 0. The number of nitrogens with one attached hydrogen (secondary N) is 3. The highest BCUT2D eigenvalue weighted by atomic mass is 19.1. The Morgan fingerprint density at radius 3 is 2.90 bits per heavy atom. The molecular formula is C14H19FN4O2. The summed E-state index contributed by atoms with van der Waals surface area (Å²) in [7, 11) is 1.83. The molecule has 1 aliphatic rings. The van der Waals surface area contributed by atoms with Gasteiger partial charge in [0.25, 0.3) is 5.91 Å². The first-order valence-electron chi connectivity index (χ1n) is 6.91. The molecular weight excluding hydrogens is 275 g/mol. The van der Waals surface area contributed by atoms with Crippen LogP contribution in [0.25, 0.3) is 0 Å². The Balaban J connectivity index is 2.08. The number of anilines is 1. The second-order valence-corrected chi connectivity index (χ2v) is 4.76. The molecule has 1 aromatic carbocycles. The van der Waals surface area contributed by atoms with Crippen LogP contribution in [0, 0.1) is 5.82 Å². The van der Waals surface area contributed by atoms with Gasteiger partial charge in [0.15, 0.2) is 0 Å². The Morgan fingerprint density at radius 1 is 1.43 bits per heavy atom. The molecule has 1 saturated heterocycles. The first-order chi connectivity index (χ1) is 10.1. The number of halogens is 1. The molecule has 0 aromatic heterocycles. The lowest BCUT2D eigenvalue weighted by Gasteiger charge is -2.15. The molecule has 1 aliphatic heterocycles. The Kier molecular flexibility index (Phi) is 5.10. The van der Waals surface area contributed by atoms with Gasteiger partial charge >= 0.3 is 6.03 Å². The summed E-state index contributed by atoms with van der Waals surface area (Å²) in [5, 5.41) is 8.30. The third kappa shape index (κ3) is 3.69. The topological polar surface area (TPSA) is 73.5 Å². The van der Waals surface area contributed by atoms with Crippen LogP contribution < -0.4 is 20.9 Å². The number of urea groups is 1. The molecule has 2 rings (SSSR count). The number of rotatable bonds is 6. The molecule has 0 bridgehead atoms. The van der Waals surface area contributed by atoms with E-state index in [2.05, 4.69) is 16.0 Å². The van der Waals surface area contributed by atoms with E-state index in [9.17, 15) is 14.0 Å². The maximum absolute atomic E-state index is 13.8. The zero-order chi connectivity index (χ0) is 15.2. The number of nitrogens with zero attached hydrogens (tertiary/aromatic N) is 1. The molecule has 0 atom stereocenters. The van der Waals surface area contributed by atoms with Gasteiger partial charge in [0.05, 0.1) is 5.56 Å². The summed E-state index contributed by atoms with van der Waals surface area (Å²) in [4.78, 5) is 25.1. The van der Waals surface area contributed by atoms with Gasteiger partial charge in [0.1, 0.15) is 5.82 Å². The van der Waals surface area contributed by atoms with Crippen LogP contribution in [-0.4, -0.2) is 45.2 Å². The van der Waals surface area contributed by atoms with Gasteiger partial charge in [-0.05, 0) is 38.2 Å². The van der Waals surface area contributed by atoms with Crippen molar-refractivity contribution in [3.05, 3.63) is 29.6 Å². The predicted octanol–water partition coefficient (Wildman–Crippen LogP) is 0.695. The van der Waals surface area contributed by atoms with Crippen molar-refractivity contribution in [2.24, 2.45) is 0 Å². The van der Waals surface area contributed by atoms with Crippen molar-refractivity contribution >= 4 is 17.6 Å². The second-order valence-electron chi connectivity index (χ2n) is 4.76. The van der Waals surface area contributed by atoms with E-state index in [0.717, 1.165) is 13.0 Å². The van der Waals surface area contributed by atoms with Gasteiger partial charge < -0.3 is 16.0 Å². The van der Waals surface area contributed by atoms with Crippen molar-refractivity contribution in [2.45, 2.75) is 6.42 Å². The molecule has 0 aliphatic carbocycles. The Hall–Kier alpha value is -2.15. The van der Waals surface area contributed by atoms with Crippen molar-refractivity contribution in [1.82, 2.24) is 16.0 Å². The predicted molar refractivity (Wildman–Crippen MR) is 78.0 cm³/mol. The zero-order valence-corrected chi connectivity index (χ0v) is 11.9. The lowest BCUT2D eigenvalue weighted by atomic mass is 10.1. The van der Waals surface area contributed by atoms with Crippen LogP contribution in [0.3, 0.4) is 0 Å². The summed E-state index contributed by atoms with van der Waals surface area (Å²) in [5.74, 6) is -1.06. The molecule has 0 saturated carbocycles. The van der Waals surface area contributed by atoms with Crippen LogP contribution in [-0.2, 0) is 0 Å². The van der Waals surface area contributed by atoms with Crippen LogP contribution in [0.5, 0.6) is 0 Å². The fourth-order valence-electron chi connectivity index (χ4n) is 2.14. The smallest absolute Gasteiger partial charge is 0.321 e. The molecule has 21 heavy (non-hydrogen) atoms. The van der Waals surface area contributed by atoms with E-state index in [4.69, 9.17) is 0 Å². The highest BCUT2D eigenvalue weighted by Crippen LogP contribution is 2.20. The number of amides is 3. The third-order valence-electron chi connectivity index (χ3n) is 3.25. The minimum atomic E-state index is -0.593. The van der Waals surface area contributed by atoms with E-state index < -0.39 is 11.7 Å². The van der Waals surface area contributed by atoms with Gasteiger partial charge in [0.2, 0.25) is 0 Å². The summed E-state index contributed by atoms with van der Waals surface area (Å²) < 4.78 is 13.8. The zero-order valence-electron chi connectivity index (χ0n) is 11.9. The Morgan fingerprint density at radius 2 is 2.24 bits per heavy atom. The van der Waals surface area contributed by atoms with Gasteiger partial charge in [-0.3, -0.25) is 9.69 Å². The van der Waals surface area contributed by atoms with Gasteiger partial charge in [-0.15, -0.1) is 0 Å². The molecule has 1 heterocycles. The molecule has 3 amide bonds. The lowest BCUT2D eigenvalue weighted by molar-refractivity contribution is 0.0949. The van der Waals surface area contributed by atoms with Crippen molar-refractivity contribution in [1.29, 1.82) is 0 Å². The van der Waals surface area contributed by atoms with E-state index in [-0.39, 0.29) is 11.6 Å². The van der Waals surface area contributed by atoms with E-state index in [1.54, 1.807) is 0 Å². The number of benzene rings is 1. The minimum Gasteiger partial charge on any atom is -0.352 e. The van der Waals surface area contributed by atoms with Gasteiger partial charge in [-0.25, -0.2) is 9.18 Å². The molecule has 3 N–H and O–H groups in total. The van der Waals surface area contributed by atoms with Crippen LogP contribution in [0.4, 0.5) is 14.9 Å². The van der Waals surface area contributed by atoms with E-state index in [1.807, 2.05) is 7.05 Å². The fraction of sp³-hybridized carbons (Fsp3) is 0.429. The monoisotopic (exact) mass is 294 g/mol. The highest BCUT2D eigenvalue weighted by Gasteiger charge is 2.23. The summed E-state index contributed by atoms with van der Waals surface area (Å²) in [6.45, 7) is 2.29. The number of carbonyl (C=O) groups excluding carboxylic acids is 2. The average Bonchev–Trinajstić information content (AvgIpc) is 2.90. The van der Waals surface area contributed by atoms with Crippen LogP contribution >= 0.6 is 0 Å². The molecule has 7 heteroatoms. The molecule has 0 unspecified atom stereocenters. The Labute approximate surface area is 122 Å². The standard InChI is InChI=1S/C14H19FN4O2/c1-16-5-2-6-17-13(20)11-9-10(3-4-12(11)15)19-8-7-18-14(19)21/h3-4,9,16H,2,5-8H2,1H3,(H,17,20)(H,18,21). The molecule has 114 valence electrons. The average molecular weight is 294 g/mol. The van der Waals surface area contributed by atoms with Gasteiger partial charge in [0, 0.05) is 25.3 Å². The minimum absolute atomic E-state index is 0.0448. The second kappa shape index (κ2) is 7.03. The normalized spacial score (nSPS) is 14.2. The van der Waals surface area contributed by atoms with Crippen LogP contribution in [0.15, 0.2) is 18.2 Å². The third-order valence-corrected chi connectivity index (χ3v) is 3.25. The summed E-state index contributed by atoms with van der Waals surface area (Å²) in [6.07, 6.45) is 0.762. The largest absolute Gasteiger partial charge is 0.352 e. The lowest BCUT2D eigenvalue weighted by Crippen LogP contribution is -2.29. The number of hydrogen-bond donors (Lipinski definition) is 3. The SMILES string of the molecule is CNCCCNC(=O)c1cc(N2CCNC2=O)ccc1F. The van der Waals surface area contributed by atoms with Crippen LogP contribution in [0.1, 0.15) is 16.8 Å². The Bertz CT molecular complexity index is 536. The van der Waals surface area contributed by atoms with E-state index >= 15 is 0 Å². The van der Waals surface area contributed by atoms with Crippen molar-refractivity contribution in [3.63, 3.8) is 0 Å². The molecule has 6 nitrogen and oxygen atoms in total. The summed E-state index contributed by atoms with van der Waals surface area (Å²) in [6, 6.07) is 3.89. The fourth-order valence-corrected chi connectivity index (χ4v) is 2.14. The summed E-state index contributed by atoms with van der Waals surface area (Å²) in [5.41, 5.74) is 0.475. The van der Waals surface area contributed by atoms with E-state index in [0.29, 0.717) is 25.3 Å². The highest BCUT2D eigenvalue weighted by molar-refractivity contribution is 5.98. The quantitative estimate of drug-likeness (QED) is 0.676. The van der Waals surface area contributed by atoms with Gasteiger partial charge in [-0.1, -0.05) is 0 Å².